The Balaban J connectivity index is 1.90. The number of anilines is 1. The van der Waals surface area contributed by atoms with E-state index in [0.717, 1.165) is 10.6 Å². The van der Waals surface area contributed by atoms with Crippen LogP contribution in [0.2, 0.25) is 0 Å². The lowest BCUT2D eigenvalue weighted by Crippen LogP contribution is -2.17. The smallest absolute Gasteiger partial charge is 0.390 e. The third-order valence-electron chi connectivity index (χ3n) is 3.52. The summed E-state index contributed by atoms with van der Waals surface area (Å²) in [5.74, 6) is 0.242. The number of fused-ring (bicyclic) bond motifs is 1. The minimum Gasteiger partial charge on any atom is -0.390 e. The van der Waals surface area contributed by atoms with E-state index in [1.807, 2.05) is 0 Å². The topological polar surface area (TPSA) is 82.7 Å². The van der Waals surface area contributed by atoms with Crippen LogP contribution in [0.25, 0.3) is 5.52 Å². The highest BCUT2D eigenvalue weighted by molar-refractivity contribution is 5.68. The summed E-state index contributed by atoms with van der Waals surface area (Å²) < 4.78 is 39.1. The zero-order valence-corrected chi connectivity index (χ0v) is 10.7. The molecule has 0 spiro atoms. The van der Waals surface area contributed by atoms with E-state index in [-0.39, 0.29) is 17.4 Å². The number of nitrogens with one attached hydrogen (secondary N) is 1. The van der Waals surface area contributed by atoms with Gasteiger partial charge in [0.2, 0.25) is 0 Å². The van der Waals surface area contributed by atoms with Crippen molar-refractivity contribution >= 4 is 11.3 Å². The molecular formula is C12H13F3N4O2. The second kappa shape index (κ2) is 4.85. The zero-order valence-electron chi connectivity index (χ0n) is 10.7. The van der Waals surface area contributed by atoms with E-state index in [2.05, 4.69) is 15.4 Å². The largest absolute Gasteiger partial charge is 0.435 e. The summed E-state index contributed by atoms with van der Waals surface area (Å²) >= 11 is 0. The van der Waals surface area contributed by atoms with Gasteiger partial charge in [-0.15, -0.1) is 0 Å². The number of hydrogen-bond donors (Lipinski definition) is 3. The van der Waals surface area contributed by atoms with E-state index in [4.69, 9.17) is 0 Å². The molecule has 1 aliphatic carbocycles. The maximum absolute atomic E-state index is 12.7. The molecule has 0 aliphatic heterocycles. The van der Waals surface area contributed by atoms with Gasteiger partial charge in [0.25, 0.3) is 0 Å². The highest BCUT2D eigenvalue weighted by Crippen LogP contribution is 2.31. The molecule has 9 heteroatoms. The van der Waals surface area contributed by atoms with Crippen LogP contribution < -0.4 is 5.32 Å². The first kappa shape index (κ1) is 14.1. The van der Waals surface area contributed by atoms with Crippen molar-refractivity contribution in [2.75, 3.05) is 5.32 Å². The SMILES string of the molecule is O[C@@H]1CC(Nc2nccn3nc(C(F)(F)F)cc23)C[C@@H]1O. The van der Waals surface area contributed by atoms with Gasteiger partial charge in [0.1, 0.15) is 5.52 Å². The van der Waals surface area contributed by atoms with Gasteiger partial charge in [-0.25, -0.2) is 9.50 Å². The van der Waals surface area contributed by atoms with Crippen molar-refractivity contribution in [2.45, 2.75) is 37.3 Å². The Bertz CT molecular complexity index is 647. The van der Waals surface area contributed by atoms with Crippen molar-refractivity contribution in [3.05, 3.63) is 24.2 Å². The highest BCUT2D eigenvalue weighted by Gasteiger charge is 2.35. The predicted octanol–water partition coefficient (Wildman–Crippen LogP) is 1.04. The molecule has 0 aromatic carbocycles. The normalized spacial score (nSPS) is 26.4. The van der Waals surface area contributed by atoms with E-state index in [1.54, 1.807) is 0 Å². The van der Waals surface area contributed by atoms with Crippen LogP contribution in [0.5, 0.6) is 0 Å². The fourth-order valence-corrected chi connectivity index (χ4v) is 2.48. The maximum atomic E-state index is 12.7. The van der Waals surface area contributed by atoms with Gasteiger partial charge in [0.05, 0.1) is 12.2 Å². The number of hydrogen-bond acceptors (Lipinski definition) is 5. The molecule has 0 bridgehead atoms. The van der Waals surface area contributed by atoms with Gasteiger partial charge in [0, 0.05) is 24.5 Å². The first-order valence-corrected chi connectivity index (χ1v) is 6.39. The number of aliphatic hydroxyl groups excluding tert-OH is 2. The summed E-state index contributed by atoms with van der Waals surface area (Å²) in [5.41, 5.74) is -0.800. The molecule has 2 aromatic heterocycles. The minimum absolute atomic E-state index is 0.195. The highest BCUT2D eigenvalue weighted by atomic mass is 19.4. The molecule has 3 rings (SSSR count). The number of aliphatic hydroxyl groups is 2. The van der Waals surface area contributed by atoms with Crippen LogP contribution in [0.1, 0.15) is 18.5 Å². The quantitative estimate of drug-likeness (QED) is 0.772. The molecule has 0 amide bonds. The van der Waals surface area contributed by atoms with Gasteiger partial charge < -0.3 is 15.5 Å². The Morgan fingerprint density at radius 2 is 1.90 bits per heavy atom. The zero-order chi connectivity index (χ0) is 15.2. The van der Waals surface area contributed by atoms with Gasteiger partial charge in [-0.1, -0.05) is 0 Å². The molecule has 114 valence electrons. The third kappa shape index (κ3) is 2.66. The average molecular weight is 302 g/mol. The van der Waals surface area contributed by atoms with Crippen LogP contribution in [0.3, 0.4) is 0 Å². The van der Waals surface area contributed by atoms with Crippen molar-refractivity contribution < 1.29 is 23.4 Å². The molecule has 0 saturated heterocycles. The molecule has 21 heavy (non-hydrogen) atoms. The first-order valence-electron chi connectivity index (χ1n) is 6.39. The van der Waals surface area contributed by atoms with Gasteiger partial charge in [-0.3, -0.25) is 0 Å². The van der Waals surface area contributed by atoms with Crippen LogP contribution in [0.4, 0.5) is 19.0 Å². The maximum Gasteiger partial charge on any atom is 0.435 e. The van der Waals surface area contributed by atoms with E-state index < -0.39 is 24.1 Å². The summed E-state index contributed by atoms with van der Waals surface area (Å²) in [6.07, 6.45) is -2.91. The van der Waals surface area contributed by atoms with Crippen molar-refractivity contribution in [1.29, 1.82) is 0 Å². The molecule has 6 nitrogen and oxygen atoms in total. The van der Waals surface area contributed by atoms with Crippen LogP contribution in [0, 0.1) is 0 Å². The number of nitrogens with zero attached hydrogens (tertiary/aromatic N) is 3. The summed E-state index contributed by atoms with van der Waals surface area (Å²) in [4.78, 5) is 4.01. The van der Waals surface area contributed by atoms with Crippen molar-refractivity contribution in [3.63, 3.8) is 0 Å². The predicted molar refractivity (Wildman–Crippen MR) is 66.6 cm³/mol. The number of halogens is 3. The summed E-state index contributed by atoms with van der Waals surface area (Å²) in [5, 5.41) is 25.4. The Labute approximate surface area is 117 Å². The van der Waals surface area contributed by atoms with Crippen molar-refractivity contribution in [3.8, 4) is 0 Å². The Kier molecular flexibility index (Phi) is 3.25. The molecule has 1 fully saturated rings. The second-order valence-electron chi connectivity index (χ2n) is 5.08. The Morgan fingerprint density at radius 1 is 1.24 bits per heavy atom. The van der Waals surface area contributed by atoms with E-state index in [1.165, 1.54) is 12.4 Å². The molecule has 3 N–H and O–H groups in total. The van der Waals surface area contributed by atoms with Crippen LogP contribution in [-0.4, -0.2) is 43.1 Å². The van der Waals surface area contributed by atoms with Crippen LogP contribution >= 0.6 is 0 Å². The lowest BCUT2D eigenvalue weighted by molar-refractivity contribution is -0.141. The fraction of sp³-hybridized carbons (Fsp3) is 0.500. The van der Waals surface area contributed by atoms with Crippen LogP contribution in [-0.2, 0) is 6.18 Å². The van der Waals surface area contributed by atoms with Gasteiger partial charge in [-0.2, -0.15) is 18.3 Å². The second-order valence-corrected chi connectivity index (χ2v) is 5.08. The van der Waals surface area contributed by atoms with Crippen molar-refractivity contribution in [1.82, 2.24) is 14.6 Å². The Hall–Kier alpha value is -1.87. The molecule has 2 heterocycles. The Morgan fingerprint density at radius 3 is 2.52 bits per heavy atom. The van der Waals surface area contributed by atoms with E-state index >= 15 is 0 Å². The number of alkyl halides is 3. The summed E-state index contributed by atoms with van der Waals surface area (Å²) in [6.45, 7) is 0. The van der Waals surface area contributed by atoms with E-state index in [0.29, 0.717) is 12.8 Å². The van der Waals surface area contributed by atoms with Gasteiger partial charge in [-0.05, 0) is 12.8 Å². The number of rotatable bonds is 2. The number of aromatic nitrogens is 3. The summed E-state index contributed by atoms with van der Waals surface area (Å²) in [6, 6.07) is 0.662. The molecule has 1 unspecified atom stereocenters. The van der Waals surface area contributed by atoms with Crippen molar-refractivity contribution in [2.24, 2.45) is 0 Å². The lowest BCUT2D eigenvalue weighted by Gasteiger charge is -2.13. The van der Waals surface area contributed by atoms with E-state index in [9.17, 15) is 23.4 Å². The average Bonchev–Trinajstić information content (AvgIpc) is 2.94. The monoisotopic (exact) mass is 302 g/mol. The molecule has 2 aromatic rings. The lowest BCUT2D eigenvalue weighted by atomic mass is 10.2. The summed E-state index contributed by atoms with van der Waals surface area (Å²) in [7, 11) is 0. The molecule has 0 radical (unpaired) electrons. The molecule has 3 atom stereocenters. The van der Waals surface area contributed by atoms with Gasteiger partial charge >= 0.3 is 6.18 Å². The fourth-order valence-electron chi connectivity index (χ4n) is 2.48. The first-order chi connectivity index (χ1) is 9.84. The van der Waals surface area contributed by atoms with Crippen LogP contribution in [0.15, 0.2) is 18.5 Å². The molecule has 1 saturated carbocycles. The third-order valence-corrected chi connectivity index (χ3v) is 3.52. The standard InChI is InChI=1S/C12H13F3N4O2/c13-12(14,15)10-5-7-11(16-1-2-19(7)18-10)17-6-3-8(20)9(21)4-6/h1-2,5-6,8-9,20-21H,3-4H2,(H,16,17)/t6?,8-,9+. The molecule has 1 aliphatic rings. The molecular weight excluding hydrogens is 289 g/mol. The van der Waals surface area contributed by atoms with Gasteiger partial charge in [0.15, 0.2) is 11.5 Å². The minimum atomic E-state index is -4.52.